The molecule has 164 valence electrons. The van der Waals surface area contributed by atoms with Crippen molar-refractivity contribution in [3.63, 3.8) is 0 Å². The maximum Gasteiger partial charge on any atom is 0.317 e. The minimum Gasteiger partial charge on any atom is -0.433 e. The van der Waals surface area contributed by atoms with Crippen LogP contribution in [0.2, 0.25) is 77.1 Å². The Labute approximate surface area is 179 Å². The third-order valence-corrected chi connectivity index (χ3v) is 18.1. The van der Waals surface area contributed by atoms with Crippen molar-refractivity contribution < 1.29 is 8.23 Å². The largest absolute Gasteiger partial charge is 0.433 e. The van der Waals surface area contributed by atoms with Crippen LogP contribution >= 0.6 is 0 Å². The van der Waals surface area contributed by atoms with Gasteiger partial charge in [-0.3, -0.25) is 0 Å². The zero-order chi connectivity index (χ0) is 19.9. The molecule has 0 bridgehead atoms. The average molecular weight is 465 g/mol. The minimum absolute atomic E-state index is 0. The molecule has 0 fully saturated rings. The molecule has 0 N–H and O–H groups in total. The Morgan fingerprint density at radius 2 is 1.11 bits per heavy atom. The molecule has 0 aliphatic rings. The van der Waals surface area contributed by atoms with E-state index >= 15 is 0 Å². The summed E-state index contributed by atoms with van der Waals surface area (Å²) >= 11 is 0. The summed E-state index contributed by atoms with van der Waals surface area (Å²) in [6, 6.07) is 3.36. The van der Waals surface area contributed by atoms with Crippen molar-refractivity contribution in [3.05, 3.63) is 23.2 Å². The molecule has 0 aliphatic heterocycles. The van der Waals surface area contributed by atoms with E-state index in [0.29, 0.717) is 0 Å². The van der Waals surface area contributed by atoms with E-state index in [-0.39, 0.29) is 14.9 Å². The summed E-state index contributed by atoms with van der Waals surface area (Å²) in [5.41, 5.74) is 7.28. The molecule has 0 spiro atoms. The molecule has 0 rings (SSSR count). The van der Waals surface area contributed by atoms with Gasteiger partial charge >= 0.3 is 8.56 Å². The fraction of sp³-hybridized carbons (Fsp3) is 0.800. The highest BCUT2D eigenvalue weighted by Crippen LogP contribution is 2.28. The van der Waals surface area contributed by atoms with E-state index in [1.165, 1.54) is 6.04 Å². The normalized spacial score (nSPS) is 13.9. The van der Waals surface area contributed by atoms with Crippen LogP contribution in [0, 0.1) is 0 Å². The third-order valence-electron chi connectivity index (χ3n) is 4.09. The SMILES string of the molecule is C.C.CC[Si](CC)(O[Si](C)(C)C=CC[SiH](C)C)O[Si](C)(C)C=C[Si](C)(C)C. The molecule has 0 heterocycles. The van der Waals surface area contributed by atoms with Gasteiger partial charge in [-0.1, -0.05) is 78.9 Å². The average Bonchev–Trinajstić information content (AvgIpc) is 2.42. The van der Waals surface area contributed by atoms with Crippen LogP contribution < -0.4 is 0 Å². The molecule has 0 saturated heterocycles. The van der Waals surface area contributed by atoms with E-state index in [1.807, 2.05) is 0 Å². The first-order valence-electron chi connectivity index (χ1n) is 9.94. The molecule has 0 atom stereocenters. The first-order chi connectivity index (χ1) is 11.2. The lowest BCUT2D eigenvalue weighted by Crippen LogP contribution is -2.54. The van der Waals surface area contributed by atoms with Crippen molar-refractivity contribution >= 4 is 42.1 Å². The van der Waals surface area contributed by atoms with E-state index in [2.05, 4.69) is 95.9 Å². The van der Waals surface area contributed by atoms with Crippen LogP contribution in [0.25, 0.3) is 0 Å². The zero-order valence-electron chi connectivity index (χ0n) is 18.8. The molecule has 0 aliphatic carbocycles. The zero-order valence-corrected chi connectivity index (χ0v) is 24.0. The first kappa shape index (κ1) is 32.2. The Morgan fingerprint density at radius 1 is 0.704 bits per heavy atom. The van der Waals surface area contributed by atoms with Crippen LogP contribution in [0.3, 0.4) is 0 Å². The highest BCUT2D eigenvalue weighted by molar-refractivity contribution is 6.92. The van der Waals surface area contributed by atoms with Gasteiger partial charge < -0.3 is 8.23 Å². The molecule has 0 aromatic heterocycles. The lowest BCUT2D eigenvalue weighted by molar-refractivity contribution is 0.381. The van der Waals surface area contributed by atoms with Gasteiger partial charge in [0.25, 0.3) is 0 Å². The first-order valence-corrected chi connectivity index (χ1v) is 24.8. The Kier molecular flexibility index (Phi) is 15.4. The van der Waals surface area contributed by atoms with Crippen molar-refractivity contribution in [2.75, 3.05) is 0 Å². The molecule has 0 aromatic carbocycles. The standard InChI is InChI=1S/C18H44O2Si5.2CH4/c1-12-25(13-2,19-23(8,9)16-14-15-21(3)4)20-24(10,11)18-17-22(5,6)7;;/h14,16-18,21H,12-13,15H2,1-11H3;2*1H4. The summed E-state index contributed by atoms with van der Waals surface area (Å²) in [4.78, 5) is 0. The highest BCUT2D eigenvalue weighted by atomic mass is 28.5. The van der Waals surface area contributed by atoms with Gasteiger partial charge in [0, 0.05) is 8.80 Å². The highest BCUT2D eigenvalue weighted by Gasteiger charge is 2.43. The fourth-order valence-electron chi connectivity index (χ4n) is 2.66. The predicted octanol–water partition coefficient (Wildman–Crippen LogP) is 7.74. The van der Waals surface area contributed by atoms with Crippen LogP contribution in [0.1, 0.15) is 28.7 Å². The molecule has 0 aromatic rings. The van der Waals surface area contributed by atoms with Gasteiger partial charge in [-0.2, -0.15) is 0 Å². The second kappa shape index (κ2) is 12.9. The maximum atomic E-state index is 6.88. The molecule has 2 nitrogen and oxygen atoms in total. The fourth-order valence-corrected chi connectivity index (χ4v) is 19.5. The minimum atomic E-state index is -2.14. The molecule has 0 amide bonds. The Bertz CT molecular complexity index is 448. The molecule has 7 heteroatoms. The van der Waals surface area contributed by atoms with Gasteiger partial charge in [-0.25, -0.2) is 0 Å². The van der Waals surface area contributed by atoms with E-state index in [0.717, 1.165) is 12.1 Å². The van der Waals surface area contributed by atoms with Crippen molar-refractivity contribution in [3.8, 4) is 0 Å². The second-order valence-electron chi connectivity index (χ2n) is 9.76. The van der Waals surface area contributed by atoms with Gasteiger partial charge in [-0.15, -0.1) is 5.70 Å². The van der Waals surface area contributed by atoms with E-state index in [9.17, 15) is 0 Å². The number of rotatable bonds is 11. The van der Waals surface area contributed by atoms with Crippen LogP contribution in [-0.4, -0.2) is 42.1 Å². The third kappa shape index (κ3) is 15.0. The molecule has 27 heavy (non-hydrogen) atoms. The number of hydrogen-bond acceptors (Lipinski definition) is 2. The summed E-state index contributed by atoms with van der Waals surface area (Å²) in [5, 5.41) is 0. The van der Waals surface area contributed by atoms with E-state index in [1.54, 1.807) is 0 Å². The van der Waals surface area contributed by atoms with Crippen LogP contribution in [0.5, 0.6) is 0 Å². The lowest BCUT2D eigenvalue weighted by atomic mass is 10.8. The molecule has 0 unspecified atom stereocenters. The molecule has 0 radical (unpaired) electrons. The lowest BCUT2D eigenvalue weighted by Gasteiger charge is -2.40. The van der Waals surface area contributed by atoms with Crippen LogP contribution in [0.4, 0.5) is 0 Å². The summed E-state index contributed by atoms with van der Waals surface area (Å²) < 4.78 is 13.8. The van der Waals surface area contributed by atoms with Crippen LogP contribution in [0.15, 0.2) is 23.2 Å². The Balaban J connectivity index is -0.00000288. The summed E-state index contributed by atoms with van der Waals surface area (Å²) in [7, 11) is -7.52. The summed E-state index contributed by atoms with van der Waals surface area (Å²) in [5.74, 6) is 0. The molecular weight excluding hydrogens is 413 g/mol. The van der Waals surface area contributed by atoms with Gasteiger partial charge in [-0.05, 0) is 44.3 Å². The smallest absolute Gasteiger partial charge is 0.317 e. The number of hydrogen-bond donors (Lipinski definition) is 0. The van der Waals surface area contributed by atoms with Crippen molar-refractivity contribution in [2.45, 2.75) is 106 Å². The van der Waals surface area contributed by atoms with Crippen LogP contribution in [-0.2, 0) is 8.23 Å². The second-order valence-corrected chi connectivity index (χ2v) is 30.0. The topological polar surface area (TPSA) is 18.5 Å². The molecule has 0 saturated carbocycles. The maximum absolute atomic E-state index is 6.88. The van der Waals surface area contributed by atoms with Crippen molar-refractivity contribution in [1.29, 1.82) is 0 Å². The predicted molar refractivity (Wildman–Crippen MR) is 143 cm³/mol. The van der Waals surface area contributed by atoms with Crippen molar-refractivity contribution in [2.24, 2.45) is 0 Å². The summed E-state index contributed by atoms with van der Waals surface area (Å²) in [6.45, 7) is 25.8. The van der Waals surface area contributed by atoms with Gasteiger partial charge in [0.15, 0.2) is 16.6 Å². The van der Waals surface area contributed by atoms with Crippen molar-refractivity contribution in [1.82, 2.24) is 0 Å². The monoisotopic (exact) mass is 464 g/mol. The number of allylic oxidation sites excluding steroid dienone is 1. The quantitative estimate of drug-likeness (QED) is 0.291. The van der Waals surface area contributed by atoms with Gasteiger partial charge in [0.2, 0.25) is 0 Å². The van der Waals surface area contributed by atoms with Gasteiger partial charge in [0.1, 0.15) is 0 Å². The van der Waals surface area contributed by atoms with E-state index < -0.39 is 42.1 Å². The Hall–Kier alpha value is 0.484. The summed E-state index contributed by atoms with van der Waals surface area (Å²) in [6.07, 6.45) is 2.39. The molecular formula is C20H52O2Si5. The van der Waals surface area contributed by atoms with E-state index in [4.69, 9.17) is 8.23 Å². The van der Waals surface area contributed by atoms with Gasteiger partial charge in [0.05, 0.1) is 8.07 Å². The Morgan fingerprint density at radius 3 is 1.44 bits per heavy atom.